The Hall–Kier alpha value is -2.84. The van der Waals surface area contributed by atoms with Crippen molar-refractivity contribution in [2.45, 2.75) is 22.6 Å². The predicted molar refractivity (Wildman–Crippen MR) is 120 cm³/mol. The summed E-state index contributed by atoms with van der Waals surface area (Å²) in [6.07, 6.45) is 2.41. The fourth-order valence-electron chi connectivity index (χ4n) is 2.22. The van der Waals surface area contributed by atoms with Crippen molar-refractivity contribution in [3.63, 3.8) is 0 Å². The molecule has 0 spiro atoms. The molecule has 0 aromatic heterocycles. The summed E-state index contributed by atoms with van der Waals surface area (Å²) in [6.45, 7) is 6.79. The number of halogens is 1. The number of ether oxygens (including phenoxy) is 2. The second-order valence-corrected chi connectivity index (χ2v) is 8.23. The molecule has 0 saturated heterocycles. The molecule has 2 aromatic carbocycles. The Morgan fingerprint density at radius 3 is 2.06 bits per heavy atom. The molecule has 0 saturated carbocycles. The van der Waals surface area contributed by atoms with Gasteiger partial charge in [-0.3, -0.25) is 9.59 Å². The lowest BCUT2D eigenvalue weighted by Gasteiger charge is -2.07. The van der Waals surface area contributed by atoms with E-state index in [4.69, 9.17) is 4.74 Å². The van der Waals surface area contributed by atoms with E-state index >= 15 is 0 Å². The molecule has 0 amide bonds. The molecule has 0 aliphatic rings. The van der Waals surface area contributed by atoms with Gasteiger partial charge in [0.2, 0.25) is 16.1 Å². The van der Waals surface area contributed by atoms with Gasteiger partial charge < -0.3 is 9.47 Å². The van der Waals surface area contributed by atoms with Crippen molar-refractivity contribution in [2.24, 2.45) is 0 Å². The Bertz CT molecular complexity index is 939. The first-order valence-electron chi connectivity index (χ1n) is 9.30. The first kappa shape index (κ1) is 24.4. The lowest BCUT2D eigenvalue weighted by molar-refractivity contribution is -0.140. The van der Waals surface area contributed by atoms with Crippen molar-refractivity contribution in [1.29, 1.82) is 0 Å². The lowest BCUT2D eigenvalue weighted by Crippen LogP contribution is -2.07. The molecule has 0 fully saturated rings. The minimum absolute atomic E-state index is 0.0972. The third-order valence-electron chi connectivity index (χ3n) is 3.77. The van der Waals surface area contributed by atoms with Crippen molar-refractivity contribution in [1.82, 2.24) is 0 Å². The monoisotopic (exact) mass is 460 g/mol. The maximum absolute atomic E-state index is 12.4. The molecule has 0 radical (unpaired) electrons. The molecule has 2 rings (SSSR count). The summed E-state index contributed by atoms with van der Waals surface area (Å²) in [6, 6.07) is 13.9. The summed E-state index contributed by atoms with van der Waals surface area (Å²) >= 11 is 2.18. The van der Waals surface area contributed by atoms with Gasteiger partial charge in [0.05, 0.1) is 13.2 Å². The van der Waals surface area contributed by atoms with Crippen LogP contribution in [0.1, 0.15) is 23.2 Å². The van der Waals surface area contributed by atoms with Crippen LogP contribution in [0.4, 0.5) is 4.39 Å². The minimum Gasteiger partial charge on any atom is -0.494 e. The van der Waals surface area contributed by atoms with Gasteiger partial charge in [-0.15, -0.1) is 0 Å². The van der Waals surface area contributed by atoms with Crippen LogP contribution in [-0.4, -0.2) is 29.4 Å². The molecule has 0 unspecified atom stereocenters. The highest BCUT2D eigenvalue weighted by Gasteiger charge is 2.10. The molecule has 0 aliphatic heterocycles. The third-order valence-corrected chi connectivity index (χ3v) is 5.58. The number of benzene rings is 2. The van der Waals surface area contributed by atoms with Gasteiger partial charge in [0.15, 0.2) is 0 Å². The van der Waals surface area contributed by atoms with Crippen LogP contribution in [0, 0.1) is 0 Å². The molecule has 162 valence electrons. The zero-order valence-electron chi connectivity index (χ0n) is 16.7. The molecule has 0 bridgehead atoms. The van der Waals surface area contributed by atoms with Crippen LogP contribution in [0.5, 0.6) is 5.75 Å². The smallest absolute Gasteiger partial charge is 0.366 e. The van der Waals surface area contributed by atoms with E-state index in [1.54, 1.807) is 48.5 Å². The first-order chi connectivity index (χ1) is 14.9. The lowest BCUT2D eigenvalue weighted by atomic mass is 10.2. The summed E-state index contributed by atoms with van der Waals surface area (Å²) in [5, 5.41) is -0.240. The van der Waals surface area contributed by atoms with E-state index in [1.807, 2.05) is 0 Å². The molecule has 0 heterocycles. The van der Waals surface area contributed by atoms with Gasteiger partial charge in [0.1, 0.15) is 5.75 Å². The number of rotatable bonds is 11. The topological polar surface area (TPSA) is 69.7 Å². The van der Waals surface area contributed by atoms with Gasteiger partial charge in [-0.1, -0.05) is 13.2 Å². The number of unbranched alkanes of at least 4 members (excludes halogenated alkanes) is 1. The van der Waals surface area contributed by atoms with Gasteiger partial charge in [-0.05, 0) is 91.0 Å². The van der Waals surface area contributed by atoms with Crippen LogP contribution in [0.3, 0.4) is 0 Å². The van der Waals surface area contributed by atoms with Gasteiger partial charge >= 0.3 is 5.97 Å². The SMILES string of the molecule is C=CC(=O)Sc1ccc(SC(=O)c2ccc(OCCCCOC(=O)C(=C)F)cc2)cc1. The number of esters is 1. The molecule has 5 nitrogen and oxygen atoms in total. The summed E-state index contributed by atoms with van der Waals surface area (Å²) in [5.74, 6) is -1.54. The molecular formula is C23H21FO5S2. The Balaban J connectivity index is 1.75. The summed E-state index contributed by atoms with van der Waals surface area (Å²) in [7, 11) is 0. The maximum Gasteiger partial charge on any atom is 0.366 e. The van der Waals surface area contributed by atoms with Gasteiger partial charge in [0.25, 0.3) is 0 Å². The van der Waals surface area contributed by atoms with Crippen LogP contribution in [-0.2, 0) is 14.3 Å². The largest absolute Gasteiger partial charge is 0.494 e. The average Bonchev–Trinajstić information content (AvgIpc) is 2.77. The van der Waals surface area contributed by atoms with E-state index in [-0.39, 0.29) is 16.8 Å². The van der Waals surface area contributed by atoms with E-state index in [1.165, 1.54) is 6.08 Å². The quantitative estimate of drug-likeness (QED) is 0.187. The second-order valence-electron chi connectivity index (χ2n) is 6.11. The van der Waals surface area contributed by atoms with Crippen molar-refractivity contribution < 1.29 is 28.2 Å². The molecule has 0 atom stereocenters. The van der Waals surface area contributed by atoms with Crippen molar-refractivity contribution in [2.75, 3.05) is 13.2 Å². The standard InChI is InChI=1S/C23H21FO5S2/c1-3-21(25)30-19-10-12-20(13-11-19)31-23(27)17-6-8-18(9-7-17)28-14-4-5-15-29-22(26)16(2)24/h3,6-13H,1-2,4-5,14-15H2. The zero-order valence-corrected chi connectivity index (χ0v) is 18.3. The fourth-order valence-corrected chi connectivity index (χ4v) is 3.55. The average molecular weight is 461 g/mol. The van der Waals surface area contributed by atoms with Crippen LogP contribution in [0.2, 0.25) is 0 Å². The minimum atomic E-state index is -1.11. The van der Waals surface area contributed by atoms with Gasteiger partial charge in [-0.25, -0.2) is 4.79 Å². The zero-order chi connectivity index (χ0) is 22.6. The highest BCUT2D eigenvalue weighted by atomic mass is 32.2. The number of hydrogen-bond acceptors (Lipinski definition) is 7. The molecular weight excluding hydrogens is 439 g/mol. The predicted octanol–water partition coefficient (Wildman–Crippen LogP) is 5.61. The number of hydrogen-bond donors (Lipinski definition) is 0. The molecule has 31 heavy (non-hydrogen) atoms. The van der Waals surface area contributed by atoms with E-state index in [2.05, 4.69) is 17.9 Å². The maximum atomic E-state index is 12.4. The van der Waals surface area contributed by atoms with Crippen LogP contribution >= 0.6 is 23.5 Å². The highest BCUT2D eigenvalue weighted by Crippen LogP contribution is 2.27. The van der Waals surface area contributed by atoms with E-state index in [9.17, 15) is 18.8 Å². The summed E-state index contributed by atoms with van der Waals surface area (Å²) in [4.78, 5) is 36.3. The van der Waals surface area contributed by atoms with Crippen LogP contribution < -0.4 is 4.74 Å². The molecule has 8 heteroatoms. The molecule has 0 N–H and O–H groups in total. The van der Waals surface area contributed by atoms with Crippen LogP contribution in [0.15, 0.2) is 83.4 Å². The van der Waals surface area contributed by atoms with Crippen molar-refractivity contribution in [3.05, 3.63) is 79.2 Å². The Morgan fingerprint density at radius 1 is 0.903 bits per heavy atom. The van der Waals surface area contributed by atoms with E-state index in [0.717, 1.165) is 33.3 Å². The Labute approximate surface area is 188 Å². The van der Waals surface area contributed by atoms with E-state index < -0.39 is 11.8 Å². The molecule has 2 aromatic rings. The van der Waals surface area contributed by atoms with E-state index in [0.29, 0.717) is 30.8 Å². The number of carbonyl (C=O) groups excluding carboxylic acids is 3. The molecule has 0 aliphatic carbocycles. The third kappa shape index (κ3) is 8.82. The highest BCUT2D eigenvalue weighted by molar-refractivity contribution is 8.14. The second kappa shape index (κ2) is 12.8. The first-order valence-corrected chi connectivity index (χ1v) is 10.9. The summed E-state index contributed by atoms with van der Waals surface area (Å²) in [5.41, 5.74) is 0.538. The normalized spacial score (nSPS) is 10.2. The Morgan fingerprint density at radius 2 is 1.48 bits per heavy atom. The number of thioether (sulfide) groups is 2. The van der Waals surface area contributed by atoms with Gasteiger partial charge in [0, 0.05) is 15.4 Å². The Kier molecular flexibility index (Phi) is 10.1. The summed E-state index contributed by atoms with van der Waals surface area (Å²) < 4.78 is 22.7. The van der Waals surface area contributed by atoms with Gasteiger partial charge in [-0.2, -0.15) is 4.39 Å². The van der Waals surface area contributed by atoms with Crippen molar-refractivity contribution >= 4 is 39.7 Å². The number of carbonyl (C=O) groups is 3. The van der Waals surface area contributed by atoms with Crippen molar-refractivity contribution in [3.8, 4) is 5.75 Å². The fraction of sp³-hybridized carbons (Fsp3) is 0.174. The van der Waals surface area contributed by atoms with Crippen LogP contribution in [0.25, 0.3) is 0 Å².